The van der Waals surface area contributed by atoms with Crippen LogP contribution in [0.3, 0.4) is 0 Å². The maximum atomic E-state index is 6.24. The summed E-state index contributed by atoms with van der Waals surface area (Å²) >= 11 is 3.34. The third-order valence-corrected chi connectivity index (χ3v) is 5.63. The van der Waals surface area contributed by atoms with Crippen molar-refractivity contribution in [2.24, 2.45) is 0 Å². The van der Waals surface area contributed by atoms with Crippen molar-refractivity contribution in [2.45, 2.75) is 37.6 Å². The van der Waals surface area contributed by atoms with E-state index >= 15 is 0 Å². The highest BCUT2D eigenvalue weighted by atomic mass is 32.2. The van der Waals surface area contributed by atoms with E-state index in [9.17, 15) is 0 Å². The number of hydrogen-bond donors (Lipinski definition) is 1. The van der Waals surface area contributed by atoms with Gasteiger partial charge in [-0.1, -0.05) is 11.8 Å². The lowest BCUT2D eigenvalue weighted by Gasteiger charge is -2.30. The smallest absolute Gasteiger partial charge is 0.190 e. The first-order chi connectivity index (χ1) is 10.4. The second-order valence-corrected chi connectivity index (χ2v) is 8.60. The molecule has 0 fully saturated rings. The summed E-state index contributed by atoms with van der Waals surface area (Å²) < 4.78 is 5.89. The molecule has 120 valence electrons. The number of anilines is 1. The van der Waals surface area contributed by atoms with Gasteiger partial charge in [-0.25, -0.2) is 9.97 Å². The van der Waals surface area contributed by atoms with Gasteiger partial charge in [-0.05, 0) is 33.5 Å². The molecule has 0 spiro atoms. The van der Waals surface area contributed by atoms with E-state index in [1.54, 1.807) is 23.1 Å². The summed E-state index contributed by atoms with van der Waals surface area (Å²) in [6, 6.07) is 0. The summed E-state index contributed by atoms with van der Waals surface area (Å²) in [6.07, 6.45) is 0.864. The second kappa shape index (κ2) is 5.96. The van der Waals surface area contributed by atoms with Crippen LogP contribution in [0.2, 0.25) is 0 Å². The fraction of sp³-hybridized carbons (Fsp3) is 0.600. The molecular formula is C15H22N4OS2. The van der Waals surface area contributed by atoms with Crippen LogP contribution < -0.4 is 5.73 Å². The highest BCUT2D eigenvalue weighted by molar-refractivity contribution is 7.99. The van der Waals surface area contributed by atoms with Crippen molar-refractivity contribution >= 4 is 39.1 Å². The number of fused-ring (bicyclic) bond motifs is 3. The van der Waals surface area contributed by atoms with Crippen LogP contribution in [0.25, 0.3) is 10.2 Å². The second-order valence-electron chi connectivity index (χ2n) is 6.45. The van der Waals surface area contributed by atoms with Crippen LogP contribution >= 0.6 is 23.1 Å². The van der Waals surface area contributed by atoms with Crippen LogP contribution in [0.5, 0.6) is 0 Å². The molecule has 2 aromatic rings. The van der Waals surface area contributed by atoms with Crippen molar-refractivity contribution in [1.82, 2.24) is 14.9 Å². The topological polar surface area (TPSA) is 64.3 Å². The van der Waals surface area contributed by atoms with E-state index in [0.29, 0.717) is 12.4 Å². The van der Waals surface area contributed by atoms with Gasteiger partial charge in [0.25, 0.3) is 0 Å². The Morgan fingerprint density at radius 2 is 2.14 bits per heavy atom. The highest BCUT2D eigenvalue weighted by Crippen LogP contribution is 2.40. The molecular weight excluding hydrogens is 316 g/mol. The third-order valence-electron chi connectivity index (χ3n) is 3.71. The van der Waals surface area contributed by atoms with Crippen LogP contribution in [0.1, 0.15) is 24.3 Å². The van der Waals surface area contributed by atoms with Gasteiger partial charge in [0.1, 0.15) is 10.6 Å². The zero-order valence-corrected chi connectivity index (χ0v) is 15.1. The molecule has 3 heterocycles. The third kappa shape index (κ3) is 3.22. The van der Waals surface area contributed by atoms with Crippen molar-refractivity contribution in [3.05, 3.63) is 10.4 Å². The quantitative estimate of drug-likeness (QED) is 0.683. The molecule has 5 nitrogen and oxygen atoms in total. The average molecular weight is 339 g/mol. The predicted octanol–water partition coefficient (Wildman–Crippen LogP) is 2.78. The normalized spacial score (nSPS) is 17.1. The van der Waals surface area contributed by atoms with E-state index in [2.05, 4.69) is 37.8 Å². The first kappa shape index (κ1) is 16.0. The number of ether oxygens (including phenoxy) is 1. The minimum absolute atomic E-state index is 0.146. The van der Waals surface area contributed by atoms with Gasteiger partial charge in [0.05, 0.1) is 17.6 Å². The van der Waals surface area contributed by atoms with E-state index in [4.69, 9.17) is 15.5 Å². The van der Waals surface area contributed by atoms with Gasteiger partial charge in [-0.15, -0.1) is 11.3 Å². The van der Waals surface area contributed by atoms with Gasteiger partial charge in [-0.3, -0.25) is 0 Å². The molecule has 0 saturated heterocycles. The number of hydrogen-bond acceptors (Lipinski definition) is 7. The lowest BCUT2D eigenvalue weighted by atomic mass is 9.94. The average Bonchev–Trinajstić information content (AvgIpc) is 2.75. The molecule has 0 bridgehead atoms. The van der Waals surface area contributed by atoms with Crippen molar-refractivity contribution in [1.29, 1.82) is 0 Å². The first-order valence-corrected chi connectivity index (χ1v) is 9.15. The first-order valence-electron chi connectivity index (χ1n) is 7.35. The van der Waals surface area contributed by atoms with Crippen molar-refractivity contribution in [2.75, 3.05) is 32.1 Å². The van der Waals surface area contributed by atoms with E-state index in [1.807, 2.05) is 0 Å². The summed E-state index contributed by atoms with van der Waals surface area (Å²) in [5.74, 6) is 1.56. The van der Waals surface area contributed by atoms with Crippen molar-refractivity contribution in [3.8, 4) is 0 Å². The molecule has 3 rings (SSSR count). The van der Waals surface area contributed by atoms with E-state index in [-0.39, 0.29) is 5.60 Å². The number of aromatic nitrogens is 2. The fourth-order valence-electron chi connectivity index (χ4n) is 2.54. The Hall–Kier alpha value is -0.890. The fourth-order valence-corrected chi connectivity index (χ4v) is 4.66. The van der Waals surface area contributed by atoms with E-state index in [0.717, 1.165) is 34.1 Å². The van der Waals surface area contributed by atoms with Gasteiger partial charge in [0.15, 0.2) is 5.16 Å². The molecule has 0 radical (unpaired) electrons. The minimum atomic E-state index is -0.146. The zero-order chi connectivity index (χ0) is 15.9. The number of rotatable bonds is 4. The van der Waals surface area contributed by atoms with Crippen molar-refractivity contribution in [3.63, 3.8) is 0 Å². The number of nitrogens with zero attached hydrogens (tertiary/aromatic N) is 3. The van der Waals surface area contributed by atoms with Crippen LogP contribution in [0, 0.1) is 0 Å². The number of thioether (sulfide) groups is 1. The molecule has 1 aliphatic rings. The monoisotopic (exact) mass is 338 g/mol. The van der Waals surface area contributed by atoms with Gasteiger partial charge in [0, 0.05) is 23.6 Å². The number of nitrogens with two attached hydrogens (primary N) is 1. The molecule has 0 aromatic carbocycles. The summed E-state index contributed by atoms with van der Waals surface area (Å²) in [6.45, 7) is 5.87. The lowest BCUT2D eigenvalue weighted by molar-refractivity contribution is -0.0379. The molecule has 2 N–H and O–H groups in total. The van der Waals surface area contributed by atoms with Crippen molar-refractivity contribution < 1.29 is 4.74 Å². The molecule has 7 heteroatoms. The van der Waals surface area contributed by atoms with Gasteiger partial charge in [0.2, 0.25) is 0 Å². The Balaban J connectivity index is 1.92. The van der Waals surface area contributed by atoms with Crippen LogP contribution in [0.15, 0.2) is 5.16 Å². The Morgan fingerprint density at radius 1 is 1.36 bits per heavy atom. The Kier molecular flexibility index (Phi) is 4.33. The molecule has 0 atom stereocenters. The molecule has 22 heavy (non-hydrogen) atoms. The van der Waals surface area contributed by atoms with E-state index in [1.165, 1.54) is 10.4 Å². The summed E-state index contributed by atoms with van der Waals surface area (Å²) in [5, 5.41) is 1.80. The highest BCUT2D eigenvalue weighted by Gasteiger charge is 2.30. The maximum Gasteiger partial charge on any atom is 0.190 e. The largest absolute Gasteiger partial charge is 0.383 e. The van der Waals surface area contributed by atoms with Gasteiger partial charge < -0.3 is 15.4 Å². The molecule has 1 aliphatic heterocycles. The number of thiophene rings is 1. The predicted molar refractivity (Wildman–Crippen MR) is 93.7 cm³/mol. The number of nitrogen functional groups attached to an aromatic ring is 1. The Morgan fingerprint density at radius 3 is 2.86 bits per heavy atom. The van der Waals surface area contributed by atoms with Crippen LogP contribution in [0.4, 0.5) is 5.82 Å². The molecule has 0 unspecified atom stereocenters. The SMILES string of the molecule is CN(C)CCSc1nc(N)c2c3c(sc2n1)COC(C)(C)C3. The van der Waals surface area contributed by atoms with E-state index < -0.39 is 0 Å². The zero-order valence-electron chi connectivity index (χ0n) is 13.5. The van der Waals surface area contributed by atoms with Gasteiger partial charge >= 0.3 is 0 Å². The minimum Gasteiger partial charge on any atom is -0.383 e. The Labute approximate surface area is 139 Å². The summed E-state index contributed by atoms with van der Waals surface area (Å²) in [5.41, 5.74) is 7.37. The molecule has 0 amide bonds. The Bertz CT molecular complexity index is 696. The maximum absolute atomic E-state index is 6.24. The molecule has 0 aliphatic carbocycles. The summed E-state index contributed by atoms with van der Waals surface area (Å²) in [7, 11) is 4.13. The van der Waals surface area contributed by atoms with Crippen LogP contribution in [-0.4, -0.2) is 46.9 Å². The lowest BCUT2D eigenvalue weighted by Crippen LogP contribution is -2.31. The summed E-state index contributed by atoms with van der Waals surface area (Å²) in [4.78, 5) is 13.6. The van der Waals surface area contributed by atoms with Crippen LogP contribution in [-0.2, 0) is 17.8 Å². The molecule has 0 saturated carbocycles. The molecule has 2 aromatic heterocycles. The van der Waals surface area contributed by atoms with Gasteiger partial charge in [-0.2, -0.15) is 0 Å². The standard InChI is InChI=1S/C15H22N4OS2/c1-15(2)7-9-10(8-20-15)22-13-11(9)12(16)17-14(18-13)21-6-5-19(3)4/h5-8H2,1-4H3,(H2,16,17,18).